The van der Waals surface area contributed by atoms with Crippen molar-refractivity contribution in [2.75, 3.05) is 51.4 Å². The van der Waals surface area contributed by atoms with Gasteiger partial charge in [0.05, 0.1) is 6.61 Å². The highest BCUT2D eigenvalue weighted by Gasteiger charge is 2.30. The Labute approximate surface area is 158 Å². The van der Waals surface area contributed by atoms with Crippen molar-refractivity contribution in [1.82, 2.24) is 14.9 Å². The number of carboxylic acid groups (broad SMARTS) is 1. The van der Waals surface area contributed by atoms with Crippen LogP contribution in [0.5, 0.6) is 5.75 Å². The molecular weight excluding hydrogens is 348 g/mol. The monoisotopic (exact) mass is 372 g/mol. The smallest absolute Gasteiger partial charge is 0.325 e. The van der Waals surface area contributed by atoms with Crippen LogP contribution in [0.25, 0.3) is 0 Å². The minimum absolute atomic E-state index is 0.460. The lowest BCUT2D eigenvalue weighted by Gasteiger charge is -2.37. The molecule has 0 amide bonds. The van der Waals surface area contributed by atoms with Crippen LogP contribution in [0.3, 0.4) is 0 Å². The second kappa shape index (κ2) is 9.29. The first-order chi connectivity index (χ1) is 13.2. The molecule has 0 aliphatic carbocycles. The van der Waals surface area contributed by atoms with Crippen LogP contribution in [-0.4, -0.2) is 72.4 Å². The molecule has 1 aliphatic heterocycles. The van der Waals surface area contributed by atoms with E-state index in [1.807, 2.05) is 17.0 Å². The fourth-order valence-corrected chi connectivity index (χ4v) is 3.13. The lowest BCUT2D eigenvalue weighted by molar-refractivity contribution is -0.143. The predicted octanol–water partition coefficient (Wildman–Crippen LogP) is 1.45. The summed E-state index contributed by atoms with van der Waals surface area (Å²) in [5.41, 5.74) is 0.742. The Morgan fingerprint density at radius 3 is 2.37 bits per heavy atom. The van der Waals surface area contributed by atoms with Crippen molar-refractivity contribution >= 4 is 11.9 Å². The van der Waals surface area contributed by atoms with Gasteiger partial charge in [0.25, 0.3) is 0 Å². The van der Waals surface area contributed by atoms with Gasteiger partial charge in [-0.3, -0.25) is 9.69 Å². The number of carboxylic acids is 1. The lowest BCUT2D eigenvalue weighted by atomic mass is 10.0. The Bertz CT molecular complexity index is 718. The van der Waals surface area contributed by atoms with E-state index in [-0.39, 0.29) is 0 Å². The normalized spacial score (nSPS) is 16.1. The van der Waals surface area contributed by atoms with Gasteiger partial charge in [0, 0.05) is 45.7 Å². The molecule has 8 heteroatoms. The summed E-state index contributed by atoms with van der Waals surface area (Å²) in [5, 5.41) is 9.78. The molecule has 1 saturated heterocycles. The average Bonchev–Trinajstić information content (AvgIpc) is 2.70. The zero-order valence-electron chi connectivity index (χ0n) is 15.3. The summed E-state index contributed by atoms with van der Waals surface area (Å²) >= 11 is 0. The maximum Gasteiger partial charge on any atom is 0.325 e. The van der Waals surface area contributed by atoms with E-state index in [0.717, 1.165) is 5.56 Å². The summed E-state index contributed by atoms with van der Waals surface area (Å²) in [4.78, 5) is 24.5. The first-order valence-corrected chi connectivity index (χ1v) is 8.89. The highest BCUT2D eigenvalue weighted by molar-refractivity contribution is 5.75. The second-order valence-corrected chi connectivity index (χ2v) is 6.22. The van der Waals surface area contributed by atoms with Gasteiger partial charge in [-0.2, -0.15) is 0 Å². The molecule has 1 fully saturated rings. The zero-order valence-corrected chi connectivity index (χ0v) is 15.3. The fraction of sp³-hybridized carbons (Fsp3) is 0.421. The van der Waals surface area contributed by atoms with Gasteiger partial charge >= 0.3 is 5.97 Å². The molecule has 1 aliphatic rings. The van der Waals surface area contributed by atoms with Crippen molar-refractivity contribution in [3.8, 4) is 5.75 Å². The van der Waals surface area contributed by atoms with Gasteiger partial charge in [-0.25, -0.2) is 9.97 Å². The Morgan fingerprint density at radius 1 is 1.11 bits per heavy atom. The summed E-state index contributed by atoms with van der Waals surface area (Å²) in [6.45, 7) is 3.59. The van der Waals surface area contributed by atoms with E-state index in [1.54, 1.807) is 37.7 Å². The SMILES string of the molecule is COCCOc1ccc([C@@H](C(=O)O)N2CCN(c3ncccn3)CC2)cc1. The molecule has 1 aromatic heterocycles. The van der Waals surface area contributed by atoms with E-state index in [0.29, 0.717) is 51.1 Å². The van der Waals surface area contributed by atoms with Gasteiger partial charge in [-0.05, 0) is 23.8 Å². The topological polar surface area (TPSA) is 88.0 Å². The first-order valence-electron chi connectivity index (χ1n) is 8.89. The summed E-state index contributed by atoms with van der Waals surface area (Å²) in [5.74, 6) is 0.528. The van der Waals surface area contributed by atoms with Crippen molar-refractivity contribution in [3.05, 3.63) is 48.3 Å². The Morgan fingerprint density at radius 2 is 1.78 bits per heavy atom. The number of carbonyl (C=O) groups is 1. The Kier molecular flexibility index (Phi) is 6.56. The van der Waals surface area contributed by atoms with Gasteiger partial charge in [0.2, 0.25) is 5.95 Å². The molecule has 8 nitrogen and oxygen atoms in total. The molecule has 1 aromatic carbocycles. The number of anilines is 1. The van der Waals surface area contributed by atoms with Gasteiger partial charge < -0.3 is 19.5 Å². The average molecular weight is 372 g/mol. The van der Waals surface area contributed by atoms with Crippen molar-refractivity contribution in [3.63, 3.8) is 0 Å². The van der Waals surface area contributed by atoms with Crippen LogP contribution in [0, 0.1) is 0 Å². The molecule has 0 bridgehead atoms. The summed E-state index contributed by atoms with van der Waals surface area (Å²) in [7, 11) is 1.62. The second-order valence-electron chi connectivity index (χ2n) is 6.22. The number of rotatable bonds is 8. The summed E-state index contributed by atoms with van der Waals surface area (Å²) < 4.78 is 10.5. The van der Waals surface area contributed by atoms with Crippen LogP contribution < -0.4 is 9.64 Å². The fourth-order valence-electron chi connectivity index (χ4n) is 3.13. The summed E-state index contributed by atoms with van der Waals surface area (Å²) in [6, 6.07) is 8.32. The molecule has 144 valence electrons. The molecule has 0 spiro atoms. The van der Waals surface area contributed by atoms with Crippen molar-refractivity contribution in [2.45, 2.75) is 6.04 Å². The maximum atomic E-state index is 11.9. The molecule has 0 saturated carbocycles. The van der Waals surface area contributed by atoms with Crippen molar-refractivity contribution in [2.24, 2.45) is 0 Å². The Hall–Kier alpha value is -2.71. The number of nitrogens with zero attached hydrogens (tertiary/aromatic N) is 4. The van der Waals surface area contributed by atoms with Gasteiger partial charge in [0.15, 0.2) is 0 Å². The number of piperazine rings is 1. The Balaban J connectivity index is 1.63. The lowest BCUT2D eigenvalue weighted by Crippen LogP contribution is -2.49. The largest absolute Gasteiger partial charge is 0.491 e. The minimum Gasteiger partial charge on any atom is -0.491 e. The quantitative estimate of drug-likeness (QED) is 0.697. The van der Waals surface area contributed by atoms with E-state index in [4.69, 9.17) is 9.47 Å². The number of ether oxygens (including phenoxy) is 2. The third-order valence-corrected chi connectivity index (χ3v) is 4.50. The van der Waals surface area contributed by atoms with Gasteiger partial charge in [-0.15, -0.1) is 0 Å². The maximum absolute atomic E-state index is 11.9. The van der Waals surface area contributed by atoms with E-state index in [2.05, 4.69) is 14.9 Å². The number of hydrogen-bond acceptors (Lipinski definition) is 7. The molecular formula is C19H24N4O4. The minimum atomic E-state index is -0.854. The van der Waals surface area contributed by atoms with Crippen LogP contribution in [0.2, 0.25) is 0 Å². The molecule has 1 atom stereocenters. The molecule has 1 N–H and O–H groups in total. The van der Waals surface area contributed by atoms with E-state index in [1.165, 1.54) is 0 Å². The van der Waals surface area contributed by atoms with E-state index < -0.39 is 12.0 Å². The van der Waals surface area contributed by atoms with Gasteiger partial charge in [0.1, 0.15) is 18.4 Å². The van der Waals surface area contributed by atoms with Crippen molar-refractivity contribution in [1.29, 1.82) is 0 Å². The summed E-state index contributed by atoms with van der Waals surface area (Å²) in [6.07, 6.45) is 3.43. The van der Waals surface area contributed by atoms with Crippen LogP contribution in [0.15, 0.2) is 42.7 Å². The molecule has 0 radical (unpaired) electrons. The number of aliphatic carboxylic acids is 1. The van der Waals surface area contributed by atoms with E-state index >= 15 is 0 Å². The predicted molar refractivity (Wildman–Crippen MR) is 100 cm³/mol. The van der Waals surface area contributed by atoms with E-state index in [9.17, 15) is 9.90 Å². The standard InChI is InChI=1S/C19H24N4O4/c1-26-13-14-27-16-5-3-15(4-6-16)17(18(24)25)22-9-11-23(12-10-22)19-20-7-2-8-21-19/h2-8,17H,9-14H2,1H3,(H,24,25)/t17-/m0/s1. The number of aromatic nitrogens is 2. The third-order valence-electron chi connectivity index (χ3n) is 4.50. The molecule has 2 heterocycles. The molecule has 2 aromatic rings. The molecule has 3 rings (SSSR count). The third kappa shape index (κ3) is 4.93. The van der Waals surface area contributed by atoms with Crippen LogP contribution in [0.4, 0.5) is 5.95 Å². The zero-order chi connectivity index (χ0) is 19.1. The number of methoxy groups -OCH3 is 1. The van der Waals surface area contributed by atoms with Gasteiger partial charge in [-0.1, -0.05) is 12.1 Å². The molecule has 27 heavy (non-hydrogen) atoms. The first kappa shape index (κ1) is 19.1. The van der Waals surface area contributed by atoms with Crippen LogP contribution in [-0.2, 0) is 9.53 Å². The highest BCUT2D eigenvalue weighted by Crippen LogP contribution is 2.25. The highest BCUT2D eigenvalue weighted by atomic mass is 16.5. The number of benzene rings is 1. The van der Waals surface area contributed by atoms with Crippen molar-refractivity contribution < 1.29 is 19.4 Å². The number of hydrogen-bond donors (Lipinski definition) is 1. The van der Waals surface area contributed by atoms with Crippen LogP contribution >= 0.6 is 0 Å². The van der Waals surface area contributed by atoms with Crippen LogP contribution in [0.1, 0.15) is 11.6 Å². The molecule has 0 unspecified atom stereocenters.